The van der Waals surface area contributed by atoms with Gasteiger partial charge in [-0.1, -0.05) is 36.4 Å². The number of benzene rings is 2. The lowest BCUT2D eigenvalue weighted by atomic mass is 9.59. The maximum absolute atomic E-state index is 13.4. The molecule has 0 saturated heterocycles. The number of carbonyl (C=O) groups excluding carboxylic acids is 1. The third-order valence-corrected chi connectivity index (χ3v) is 8.94. The number of nitrogens with two attached hydrogens (primary N) is 1. The van der Waals surface area contributed by atoms with Crippen LogP contribution in [-0.2, 0) is 28.8 Å². The Morgan fingerprint density at radius 2 is 2.02 bits per heavy atom. The van der Waals surface area contributed by atoms with Crippen molar-refractivity contribution in [3.05, 3.63) is 111 Å². The summed E-state index contributed by atoms with van der Waals surface area (Å²) >= 11 is 0. The molecule has 218 valence electrons. The maximum Gasteiger partial charge on any atom is 0.339 e. The highest BCUT2D eigenvalue weighted by molar-refractivity contribution is 5.88. The van der Waals surface area contributed by atoms with Gasteiger partial charge in [-0.15, -0.1) is 0 Å². The molecule has 1 unspecified atom stereocenters. The van der Waals surface area contributed by atoms with E-state index in [9.17, 15) is 14.7 Å². The highest BCUT2D eigenvalue weighted by Gasteiger charge is 2.64. The van der Waals surface area contributed by atoms with Crippen LogP contribution in [0.5, 0.6) is 5.75 Å². The second-order valence-electron chi connectivity index (χ2n) is 11.6. The first-order valence-corrected chi connectivity index (χ1v) is 14.4. The number of allylic oxidation sites excluding steroid dienone is 2. The van der Waals surface area contributed by atoms with Crippen LogP contribution in [0.25, 0.3) is 11.0 Å². The van der Waals surface area contributed by atoms with Crippen molar-refractivity contribution < 1.29 is 23.8 Å². The van der Waals surface area contributed by atoms with Crippen LogP contribution in [0.1, 0.15) is 55.4 Å². The fourth-order valence-electron chi connectivity index (χ4n) is 6.60. The first-order valence-electron chi connectivity index (χ1n) is 14.4. The average molecular weight is 569 g/mol. The third kappa shape index (κ3) is 4.55. The van der Waals surface area contributed by atoms with Crippen LogP contribution in [0.15, 0.2) is 87.3 Å². The van der Waals surface area contributed by atoms with E-state index in [1.165, 1.54) is 0 Å². The molecule has 0 radical (unpaired) electrons. The number of hydrogen-bond donors (Lipinski definition) is 3. The number of dihydropyridines is 1. The standard InChI is InChI=1S/C34H36N2O6/c1-4-20(2)31(38)42-33(3)17-22-8-5-6-10-26(22)30(23-11-12-29(35)36-19-23)34(33)18-25-15-24-14-21(9-7-13-37)32(39)40-27(24)16-28(25)41-34/h4-6,8,10-12,14-16,19,29-30,36-37H,7,9,13,17-18,35H2,1-3H3/b20-4+/t29?,30-,33+,34-/m1/s1. The van der Waals surface area contributed by atoms with E-state index >= 15 is 0 Å². The Morgan fingerprint density at radius 3 is 2.76 bits per heavy atom. The van der Waals surface area contributed by atoms with Crippen molar-refractivity contribution in [3.63, 3.8) is 0 Å². The molecule has 0 bridgehead atoms. The number of aryl methyl sites for hydroxylation is 1. The Morgan fingerprint density at radius 1 is 1.21 bits per heavy atom. The van der Waals surface area contributed by atoms with Crippen LogP contribution in [0, 0.1) is 0 Å². The first kappa shape index (κ1) is 28.0. The summed E-state index contributed by atoms with van der Waals surface area (Å²) in [4.78, 5) is 26.1. The van der Waals surface area contributed by atoms with Gasteiger partial charge in [0.2, 0.25) is 0 Å². The molecular formula is C34H36N2O6. The van der Waals surface area contributed by atoms with E-state index in [1.807, 2.05) is 56.5 Å². The van der Waals surface area contributed by atoms with Crippen LogP contribution in [0.2, 0.25) is 0 Å². The summed E-state index contributed by atoms with van der Waals surface area (Å²) < 4.78 is 19.2. The largest absolute Gasteiger partial charge is 0.481 e. The van der Waals surface area contributed by atoms with Crippen LogP contribution in [-0.4, -0.2) is 35.1 Å². The summed E-state index contributed by atoms with van der Waals surface area (Å²) in [6.45, 7) is 5.52. The van der Waals surface area contributed by atoms with Gasteiger partial charge in [-0.05, 0) is 74.1 Å². The topological polar surface area (TPSA) is 124 Å². The van der Waals surface area contributed by atoms with E-state index < -0.39 is 22.8 Å². The molecule has 8 nitrogen and oxygen atoms in total. The minimum absolute atomic E-state index is 0.00502. The zero-order chi connectivity index (χ0) is 29.6. The zero-order valence-corrected chi connectivity index (χ0v) is 24.1. The van der Waals surface area contributed by atoms with Crippen molar-refractivity contribution in [1.29, 1.82) is 0 Å². The fraction of sp³-hybridized carbons (Fsp3) is 0.353. The van der Waals surface area contributed by atoms with Gasteiger partial charge >= 0.3 is 11.6 Å². The number of rotatable bonds is 6. The lowest BCUT2D eigenvalue weighted by Gasteiger charge is -2.53. The summed E-state index contributed by atoms with van der Waals surface area (Å²) in [6, 6.07) is 13.8. The van der Waals surface area contributed by atoms with Crippen molar-refractivity contribution in [2.45, 2.75) is 69.7 Å². The summed E-state index contributed by atoms with van der Waals surface area (Å²) in [6.07, 6.45) is 9.12. The minimum Gasteiger partial charge on any atom is -0.481 e. The van der Waals surface area contributed by atoms with Crippen molar-refractivity contribution in [3.8, 4) is 5.75 Å². The van der Waals surface area contributed by atoms with Crippen molar-refractivity contribution in [1.82, 2.24) is 5.32 Å². The number of fused-ring (bicyclic) bond motifs is 3. The molecule has 3 aromatic rings. The maximum atomic E-state index is 13.4. The Kier molecular flexibility index (Phi) is 7.07. The average Bonchev–Trinajstić information content (AvgIpc) is 3.35. The molecular weight excluding hydrogens is 532 g/mol. The van der Waals surface area contributed by atoms with Crippen molar-refractivity contribution in [2.24, 2.45) is 5.73 Å². The van der Waals surface area contributed by atoms with Crippen LogP contribution < -0.4 is 21.4 Å². The monoisotopic (exact) mass is 568 g/mol. The van der Waals surface area contributed by atoms with Gasteiger partial charge in [0.25, 0.3) is 0 Å². The molecule has 8 heteroatoms. The molecule has 1 spiro atoms. The molecule has 2 aliphatic heterocycles. The predicted octanol–water partition coefficient (Wildman–Crippen LogP) is 4.33. The quantitative estimate of drug-likeness (QED) is 0.228. The Hall–Kier alpha value is -4.14. The van der Waals surface area contributed by atoms with Gasteiger partial charge in [-0.2, -0.15) is 0 Å². The highest BCUT2D eigenvalue weighted by atomic mass is 16.6. The SMILES string of the molecule is C/C=C(\C)C(=O)O[C@@]1(C)Cc2ccccc2[C@@H](C2=CNC(N)C=C2)[C@]12Cc1cc3cc(CCCO)c(=O)oc3cc1O2. The highest BCUT2D eigenvalue weighted by Crippen LogP contribution is 2.58. The van der Waals surface area contributed by atoms with Gasteiger partial charge in [0.1, 0.15) is 11.3 Å². The van der Waals surface area contributed by atoms with Crippen molar-refractivity contribution in [2.75, 3.05) is 6.61 Å². The molecule has 0 saturated carbocycles. The molecule has 4 atom stereocenters. The summed E-state index contributed by atoms with van der Waals surface area (Å²) in [7, 11) is 0. The number of hydrogen-bond acceptors (Lipinski definition) is 8. The zero-order valence-electron chi connectivity index (χ0n) is 24.1. The summed E-state index contributed by atoms with van der Waals surface area (Å²) in [5.41, 5.74) is 9.13. The minimum atomic E-state index is -1.07. The number of ether oxygens (including phenoxy) is 2. The molecule has 2 aromatic carbocycles. The molecule has 6 rings (SSSR count). The van der Waals surface area contributed by atoms with Crippen molar-refractivity contribution >= 4 is 16.9 Å². The van der Waals surface area contributed by atoms with Crippen LogP contribution in [0.3, 0.4) is 0 Å². The third-order valence-electron chi connectivity index (χ3n) is 8.94. The van der Waals surface area contributed by atoms with Crippen LogP contribution in [0.4, 0.5) is 0 Å². The second kappa shape index (κ2) is 10.6. The number of aliphatic hydroxyl groups excluding tert-OH is 1. The molecule has 0 amide bonds. The van der Waals surface area contributed by atoms with Gasteiger partial charge in [0.15, 0.2) is 11.2 Å². The van der Waals surface area contributed by atoms with Crippen LogP contribution >= 0.6 is 0 Å². The molecule has 0 fully saturated rings. The van der Waals surface area contributed by atoms with E-state index in [0.29, 0.717) is 48.2 Å². The Labute approximate surface area is 244 Å². The lowest BCUT2D eigenvalue weighted by molar-refractivity contribution is -0.184. The summed E-state index contributed by atoms with van der Waals surface area (Å²) in [5, 5.41) is 13.3. The van der Waals surface area contributed by atoms with Gasteiger partial charge in [-0.25, -0.2) is 9.59 Å². The number of nitrogens with one attached hydrogen (secondary N) is 1. The fourth-order valence-corrected chi connectivity index (χ4v) is 6.60. The summed E-state index contributed by atoms with van der Waals surface area (Å²) in [5.74, 6) is -0.117. The van der Waals surface area contributed by atoms with Gasteiger partial charge in [-0.3, -0.25) is 0 Å². The lowest BCUT2D eigenvalue weighted by Crippen LogP contribution is -2.65. The van der Waals surface area contributed by atoms with Gasteiger partial charge in [0.05, 0.1) is 12.1 Å². The van der Waals surface area contributed by atoms with E-state index in [1.54, 1.807) is 19.1 Å². The Bertz CT molecular complexity index is 1720. The Balaban J connectivity index is 1.54. The molecule has 1 aliphatic carbocycles. The molecule has 4 N–H and O–H groups in total. The molecule has 3 heterocycles. The first-order chi connectivity index (χ1) is 20.2. The molecule has 3 aliphatic rings. The number of carbonyl (C=O) groups is 1. The second-order valence-corrected chi connectivity index (χ2v) is 11.6. The van der Waals surface area contributed by atoms with E-state index in [2.05, 4.69) is 17.4 Å². The van der Waals surface area contributed by atoms with E-state index in [-0.39, 0.29) is 18.7 Å². The molecule has 1 aromatic heterocycles. The number of esters is 1. The smallest absolute Gasteiger partial charge is 0.339 e. The van der Waals surface area contributed by atoms with Gasteiger partial charge in [0, 0.05) is 48.2 Å². The van der Waals surface area contributed by atoms with E-state index in [0.717, 1.165) is 27.6 Å². The normalized spacial score (nSPS) is 26.3. The number of aliphatic hydroxyl groups is 1. The molecule has 42 heavy (non-hydrogen) atoms. The van der Waals surface area contributed by atoms with E-state index in [4.69, 9.17) is 19.6 Å². The van der Waals surface area contributed by atoms with Gasteiger partial charge < -0.3 is 30.0 Å². The predicted molar refractivity (Wildman–Crippen MR) is 160 cm³/mol.